The minimum Gasteiger partial charge on any atom is -0.478 e. The van der Waals surface area contributed by atoms with Crippen molar-refractivity contribution in [2.45, 2.75) is 24.0 Å². The zero-order valence-corrected chi connectivity index (χ0v) is 12.0. The van der Waals surface area contributed by atoms with E-state index in [9.17, 15) is 14.4 Å². The van der Waals surface area contributed by atoms with Crippen molar-refractivity contribution < 1.29 is 19.5 Å². The topological polar surface area (TPSA) is 95.5 Å². The van der Waals surface area contributed by atoms with Crippen molar-refractivity contribution in [2.75, 3.05) is 6.54 Å². The molecule has 3 amide bonds. The van der Waals surface area contributed by atoms with Gasteiger partial charge in [0.05, 0.1) is 10.8 Å². The SMILES string of the molecule is CCNC(=O)NC(=O)C(C)Sc1cccc(C(=O)O)c1. The number of nitrogens with one attached hydrogen (secondary N) is 2. The third-order valence-electron chi connectivity index (χ3n) is 2.34. The third-order valence-corrected chi connectivity index (χ3v) is 3.43. The summed E-state index contributed by atoms with van der Waals surface area (Å²) >= 11 is 1.19. The number of hydrogen-bond donors (Lipinski definition) is 3. The second kappa shape index (κ2) is 7.54. The lowest BCUT2D eigenvalue weighted by atomic mass is 10.2. The summed E-state index contributed by atoms with van der Waals surface area (Å²) in [5.41, 5.74) is 0.159. The van der Waals surface area contributed by atoms with Crippen LogP contribution in [-0.2, 0) is 4.79 Å². The molecule has 1 aromatic carbocycles. The monoisotopic (exact) mass is 296 g/mol. The highest BCUT2D eigenvalue weighted by molar-refractivity contribution is 8.00. The lowest BCUT2D eigenvalue weighted by molar-refractivity contribution is -0.119. The lowest BCUT2D eigenvalue weighted by Crippen LogP contribution is -2.42. The molecule has 0 fully saturated rings. The molecule has 0 heterocycles. The van der Waals surface area contributed by atoms with Gasteiger partial charge in [0.1, 0.15) is 0 Å². The van der Waals surface area contributed by atoms with Gasteiger partial charge in [0.15, 0.2) is 0 Å². The molecule has 1 unspecified atom stereocenters. The molecule has 0 saturated carbocycles. The number of imide groups is 1. The number of amides is 3. The van der Waals surface area contributed by atoms with Crippen molar-refractivity contribution in [3.05, 3.63) is 29.8 Å². The zero-order chi connectivity index (χ0) is 15.1. The van der Waals surface area contributed by atoms with E-state index in [0.717, 1.165) is 0 Å². The Kier molecular flexibility index (Phi) is 6.05. The molecule has 1 atom stereocenters. The van der Waals surface area contributed by atoms with Crippen molar-refractivity contribution in [3.63, 3.8) is 0 Å². The summed E-state index contributed by atoms with van der Waals surface area (Å²) in [6.07, 6.45) is 0. The number of aromatic carboxylic acids is 1. The molecule has 0 aliphatic carbocycles. The Balaban J connectivity index is 2.63. The van der Waals surface area contributed by atoms with Crippen LogP contribution in [0, 0.1) is 0 Å². The minimum atomic E-state index is -1.02. The molecule has 3 N–H and O–H groups in total. The quantitative estimate of drug-likeness (QED) is 0.719. The van der Waals surface area contributed by atoms with Crippen LogP contribution in [0.1, 0.15) is 24.2 Å². The molecule has 0 aromatic heterocycles. The van der Waals surface area contributed by atoms with Crippen LogP contribution in [0.2, 0.25) is 0 Å². The number of carbonyl (C=O) groups excluding carboxylic acids is 2. The first kappa shape index (κ1) is 16.0. The number of thioether (sulfide) groups is 1. The van der Waals surface area contributed by atoms with E-state index in [1.54, 1.807) is 26.0 Å². The average Bonchev–Trinajstić information content (AvgIpc) is 2.39. The molecule has 0 aliphatic rings. The highest BCUT2D eigenvalue weighted by Gasteiger charge is 2.17. The standard InChI is InChI=1S/C13H16N2O4S/c1-3-14-13(19)15-11(16)8(2)20-10-6-4-5-9(7-10)12(17)18/h4-8H,3H2,1-2H3,(H,17,18)(H2,14,15,16,19). The molecule has 1 aromatic rings. The van der Waals surface area contributed by atoms with Gasteiger partial charge in [-0.15, -0.1) is 11.8 Å². The third kappa shape index (κ3) is 4.93. The Morgan fingerprint density at radius 2 is 2.05 bits per heavy atom. The number of carbonyl (C=O) groups is 3. The number of hydrogen-bond acceptors (Lipinski definition) is 4. The number of benzene rings is 1. The van der Waals surface area contributed by atoms with Crippen LogP contribution in [0.5, 0.6) is 0 Å². The first-order chi connectivity index (χ1) is 9.43. The summed E-state index contributed by atoms with van der Waals surface area (Å²) in [6.45, 7) is 3.83. The van der Waals surface area contributed by atoms with E-state index in [1.165, 1.54) is 23.9 Å². The molecule has 6 nitrogen and oxygen atoms in total. The highest BCUT2D eigenvalue weighted by Crippen LogP contribution is 2.24. The van der Waals surface area contributed by atoms with Gasteiger partial charge in [-0.05, 0) is 32.0 Å². The van der Waals surface area contributed by atoms with Gasteiger partial charge in [0.2, 0.25) is 5.91 Å². The fourth-order valence-electron chi connectivity index (χ4n) is 1.38. The molecular formula is C13H16N2O4S. The van der Waals surface area contributed by atoms with Crippen molar-refractivity contribution in [2.24, 2.45) is 0 Å². The van der Waals surface area contributed by atoms with E-state index in [2.05, 4.69) is 10.6 Å². The molecule has 7 heteroatoms. The Labute approximate surface area is 120 Å². The Morgan fingerprint density at radius 3 is 2.65 bits per heavy atom. The largest absolute Gasteiger partial charge is 0.478 e. The molecule has 0 bridgehead atoms. The normalized spacial score (nSPS) is 11.5. The number of carboxylic acid groups (broad SMARTS) is 1. The van der Waals surface area contributed by atoms with Crippen LogP contribution in [0.4, 0.5) is 4.79 Å². The first-order valence-electron chi connectivity index (χ1n) is 6.02. The van der Waals surface area contributed by atoms with Crippen LogP contribution in [0.25, 0.3) is 0 Å². The molecule has 0 radical (unpaired) electrons. The fraction of sp³-hybridized carbons (Fsp3) is 0.308. The van der Waals surface area contributed by atoms with Crippen LogP contribution in [0.3, 0.4) is 0 Å². The van der Waals surface area contributed by atoms with Crippen molar-refractivity contribution >= 4 is 29.7 Å². The van der Waals surface area contributed by atoms with Gasteiger partial charge in [0.25, 0.3) is 0 Å². The van der Waals surface area contributed by atoms with Gasteiger partial charge >= 0.3 is 12.0 Å². The Hall–Kier alpha value is -2.02. The molecule has 20 heavy (non-hydrogen) atoms. The van der Waals surface area contributed by atoms with Crippen LogP contribution >= 0.6 is 11.8 Å². The second-order valence-corrected chi connectivity index (χ2v) is 5.36. The van der Waals surface area contributed by atoms with Crippen molar-refractivity contribution in [1.82, 2.24) is 10.6 Å². The predicted octanol–water partition coefficient (Wildman–Crippen LogP) is 1.71. The summed E-state index contributed by atoms with van der Waals surface area (Å²) in [7, 11) is 0. The predicted molar refractivity (Wildman–Crippen MR) is 75.9 cm³/mol. The van der Waals surface area contributed by atoms with E-state index in [-0.39, 0.29) is 5.56 Å². The van der Waals surface area contributed by atoms with E-state index >= 15 is 0 Å². The van der Waals surface area contributed by atoms with Gasteiger partial charge in [-0.1, -0.05) is 6.07 Å². The molecule has 1 rings (SSSR count). The zero-order valence-electron chi connectivity index (χ0n) is 11.2. The fourth-order valence-corrected chi connectivity index (χ4v) is 2.30. The van der Waals surface area contributed by atoms with Crippen LogP contribution < -0.4 is 10.6 Å². The average molecular weight is 296 g/mol. The smallest absolute Gasteiger partial charge is 0.335 e. The van der Waals surface area contributed by atoms with Gasteiger partial charge in [0, 0.05) is 11.4 Å². The molecular weight excluding hydrogens is 280 g/mol. The maximum Gasteiger partial charge on any atom is 0.335 e. The van der Waals surface area contributed by atoms with Gasteiger partial charge in [-0.2, -0.15) is 0 Å². The molecule has 0 aliphatic heterocycles. The number of urea groups is 1. The number of carboxylic acids is 1. The first-order valence-corrected chi connectivity index (χ1v) is 6.90. The van der Waals surface area contributed by atoms with E-state index in [0.29, 0.717) is 11.4 Å². The van der Waals surface area contributed by atoms with Gasteiger partial charge in [-0.3, -0.25) is 10.1 Å². The maximum atomic E-state index is 11.7. The van der Waals surface area contributed by atoms with Crippen LogP contribution in [-0.4, -0.2) is 34.8 Å². The summed E-state index contributed by atoms with van der Waals surface area (Å²) in [5.74, 6) is -1.45. The maximum absolute atomic E-state index is 11.7. The second-order valence-electron chi connectivity index (χ2n) is 3.94. The van der Waals surface area contributed by atoms with Crippen molar-refractivity contribution in [1.29, 1.82) is 0 Å². The van der Waals surface area contributed by atoms with E-state index in [1.807, 2.05) is 0 Å². The van der Waals surface area contributed by atoms with Gasteiger partial charge < -0.3 is 10.4 Å². The molecule has 0 spiro atoms. The van der Waals surface area contributed by atoms with E-state index < -0.39 is 23.2 Å². The van der Waals surface area contributed by atoms with Gasteiger partial charge in [-0.25, -0.2) is 9.59 Å². The summed E-state index contributed by atoms with van der Waals surface area (Å²) < 4.78 is 0. The summed E-state index contributed by atoms with van der Waals surface area (Å²) in [5, 5.41) is 13.1. The Bertz CT molecular complexity index is 519. The van der Waals surface area contributed by atoms with Crippen molar-refractivity contribution in [3.8, 4) is 0 Å². The van der Waals surface area contributed by atoms with E-state index in [4.69, 9.17) is 5.11 Å². The summed E-state index contributed by atoms with van der Waals surface area (Å²) in [6, 6.07) is 5.76. The number of rotatable bonds is 5. The Morgan fingerprint density at radius 1 is 1.35 bits per heavy atom. The lowest BCUT2D eigenvalue weighted by Gasteiger charge is -2.11. The van der Waals surface area contributed by atoms with Crippen LogP contribution in [0.15, 0.2) is 29.2 Å². The summed E-state index contributed by atoms with van der Waals surface area (Å²) in [4.78, 5) is 34.5. The highest BCUT2D eigenvalue weighted by atomic mass is 32.2. The molecule has 0 saturated heterocycles. The minimum absolute atomic E-state index is 0.159. The molecule has 108 valence electrons.